The number of halogens is 2. The number of anilines is 1. The number of carbonyl (C=O) groups excluding carboxylic acids is 2. The second-order valence-electron chi connectivity index (χ2n) is 7.84. The number of nitrogens with zero attached hydrogens (tertiary/aromatic N) is 2. The van der Waals surface area contributed by atoms with Gasteiger partial charge >= 0.3 is 0 Å². The highest BCUT2D eigenvalue weighted by atomic mass is 35.5. The normalized spacial score (nSPS) is 14.2. The molecule has 1 saturated heterocycles. The molecule has 4 rings (SSSR count). The molecule has 1 aliphatic heterocycles. The topological polar surface area (TPSA) is 71.5 Å². The zero-order valence-corrected chi connectivity index (χ0v) is 19.8. The maximum absolute atomic E-state index is 14.1. The van der Waals surface area contributed by atoms with Crippen LogP contribution >= 0.6 is 22.9 Å². The van der Waals surface area contributed by atoms with E-state index in [-0.39, 0.29) is 22.4 Å². The lowest BCUT2D eigenvalue weighted by molar-refractivity contribution is 0.0708. The zero-order chi connectivity index (χ0) is 23.5. The van der Waals surface area contributed by atoms with Gasteiger partial charge in [0, 0.05) is 24.4 Å². The number of carbonyl (C=O) groups is 2. The summed E-state index contributed by atoms with van der Waals surface area (Å²) in [7, 11) is 1.56. The smallest absolute Gasteiger partial charge is 0.275 e. The van der Waals surface area contributed by atoms with E-state index in [4.69, 9.17) is 16.3 Å². The molecule has 1 fully saturated rings. The molecule has 2 aromatic carbocycles. The van der Waals surface area contributed by atoms with E-state index < -0.39 is 11.7 Å². The lowest BCUT2D eigenvalue weighted by Gasteiger charge is -2.31. The minimum Gasteiger partial charge on any atom is -0.495 e. The van der Waals surface area contributed by atoms with Gasteiger partial charge in [-0.1, -0.05) is 29.8 Å². The number of nitrogens with one attached hydrogen (secondary N) is 1. The molecule has 2 heterocycles. The quantitative estimate of drug-likeness (QED) is 0.514. The number of aryl methyl sites for hydroxylation is 1. The van der Waals surface area contributed by atoms with Gasteiger partial charge in [0.1, 0.15) is 17.3 Å². The van der Waals surface area contributed by atoms with Crippen molar-refractivity contribution in [2.75, 3.05) is 25.5 Å². The summed E-state index contributed by atoms with van der Waals surface area (Å²) in [6.07, 6.45) is 1.36. The van der Waals surface area contributed by atoms with Crippen molar-refractivity contribution in [3.8, 4) is 5.75 Å². The Balaban J connectivity index is 1.40. The van der Waals surface area contributed by atoms with Crippen LogP contribution in [-0.4, -0.2) is 41.9 Å². The minimum absolute atomic E-state index is 0.0857. The third-order valence-electron chi connectivity index (χ3n) is 5.76. The van der Waals surface area contributed by atoms with Crippen LogP contribution in [-0.2, 0) is 0 Å². The van der Waals surface area contributed by atoms with Crippen LogP contribution < -0.4 is 10.1 Å². The molecule has 9 heteroatoms. The average molecular weight is 488 g/mol. The summed E-state index contributed by atoms with van der Waals surface area (Å²) < 4.78 is 19.5. The van der Waals surface area contributed by atoms with Crippen molar-refractivity contribution in [3.05, 3.63) is 74.4 Å². The minimum atomic E-state index is -0.615. The van der Waals surface area contributed by atoms with Crippen molar-refractivity contribution in [2.45, 2.75) is 25.7 Å². The number of amides is 2. The fraction of sp³-hybridized carbons (Fsp3) is 0.292. The number of thiazole rings is 1. The Labute approximate surface area is 200 Å². The maximum Gasteiger partial charge on any atom is 0.275 e. The number of piperidine rings is 1. The van der Waals surface area contributed by atoms with Crippen molar-refractivity contribution in [2.24, 2.45) is 0 Å². The predicted octanol–water partition coefficient (Wildman–Crippen LogP) is 5.52. The van der Waals surface area contributed by atoms with E-state index in [1.807, 2.05) is 19.1 Å². The lowest BCUT2D eigenvalue weighted by Crippen LogP contribution is -2.38. The van der Waals surface area contributed by atoms with Gasteiger partial charge in [0.2, 0.25) is 0 Å². The van der Waals surface area contributed by atoms with Gasteiger partial charge < -0.3 is 15.0 Å². The molecule has 0 aliphatic carbocycles. The Morgan fingerprint density at radius 2 is 1.94 bits per heavy atom. The molecule has 0 spiro atoms. The zero-order valence-electron chi connectivity index (χ0n) is 18.2. The van der Waals surface area contributed by atoms with Crippen molar-refractivity contribution < 1.29 is 18.7 Å². The number of methoxy groups -OCH3 is 1. The first-order valence-electron chi connectivity index (χ1n) is 10.5. The molecule has 0 unspecified atom stereocenters. The monoisotopic (exact) mass is 487 g/mol. The number of ether oxygens (including phenoxy) is 1. The van der Waals surface area contributed by atoms with Crippen LogP contribution in [0.15, 0.2) is 41.8 Å². The Morgan fingerprint density at radius 3 is 2.64 bits per heavy atom. The van der Waals surface area contributed by atoms with Crippen molar-refractivity contribution >= 4 is 40.4 Å². The molecule has 1 N–H and O–H groups in total. The molecule has 0 radical (unpaired) electrons. The van der Waals surface area contributed by atoms with E-state index in [2.05, 4.69) is 10.3 Å². The van der Waals surface area contributed by atoms with Gasteiger partial charge in [-0.15, -0.1) is 11.3 Å². The van der Waals surface area contributed by atoms with Crippen LogP contribution in [0.5, 0.6) is 5.75 Å². The molecule has 1 aromatic heterocycles. The van der Waals surface area contributed by atoms with Crippen molar-refractivity contribution in [1.82, 2.24) is 9.88 Å². The summed E-state index contributed by atoms with van der Waals surface area (Å²) in [6, 6.07) is 9.78. The van der Waals surface area contributed by atoms with Gasteiger partial charge in [-0.2, -0.15) is 0 Å². The van der Waals surface area contributed by atoms with Gasteiger partial charge in [-0.3, -0.25) is 9.59 Å². The molecule has 2 amide bonds. The largest absolute Gasteiger partial charge is 0.495 e. The van der Waals surface area contributed by atoms with Crippen LogP contribution in [0.3, 0.4) is 0 Å². The number of rotatable bonds is 5. The van der Waals surface area contributed by atoms with Gasteiger partial charge in [0.05, 0.1) is 28.4 Å². The SMILES string of the molecule is COc1cccc(C)c1NC(=O)c1csc(C2CCN(C(=O)c3c(F)cccc3Cl)CC2)n1. The molecule has 6 nitrogen and oxygen atoms in total. The first kappa shape index (κ1) is 23.2. The second kappa shape index (κ2) is 9.89. The molecule has 1 aliphatic rings. The molecule has 33 heavy (non-hydrogen) atoms. The Morgan fingerprint density at radius 1 is 1.21 bits per heavy atom. The fourth-order valence-electron chi connectivity index (χ4n) is 3.92. The highest BCUT2D eigenvalue weighted by molar-refractivity contribution is 7.10. The van der Waals surface area contributed by atoms with E-state index in [0.29, 0.717) is 43.1 Å². The summed E-state index contributed by atoms with van der Waals surface area (Å²) >= 11 is 7.48. The van der Waals surface area contributed by atoms with Crippen LogP contribution in [0.1, 0.15) is 50.2 Å². The summed E-state index contributed by atoms with van der Waals surface area (Å²) in [5, 5.41) is 5.60. The Bertz CT molecular complexity index is 1170. The van der Waals surface area contributed by atoms with Crippen LogP contribution in [0.2, 0.25) is 5.02 Å². The van der Waals surface area contributed by atoms with Gasteiger partial charge in [0.15, 0.2) is 0 Å². The predicted molar refractivity (Wildman–Crippen MR) is 127 cm³/mol. The van der Waals surface area contributed by atoms with Crippen molar-refractivity contribution in [1.29, 1.82) is 0 Å². The third kappa shape index (κ3) is 4.86. The highest BCUT2D eigenvalue weighted by Gasteiger charge is 2.29. The van der Waals surface area contributed by atoms with Gasteiger partial charge in [-0.25, -0.2) is 9.37 Å². The first-order chi connectivity index (χ1) is 15.9. The number of hydrogen-bond donors (Lipinski definition) is 1. The number of benzene rings is 2. The number of hydrogen-bond acceptors (Lipinski definition) is 5. The lowest BCUT2D eigenvalue weighted by atomic mass is 9.97. The van der Waals surface area contributed by atoms with E-state index >= 15 is 0 Å². The first-order valence-corrected chi connectivity index (χ1v) is 11.8. The highest BCUT2D eigenvalue weighted by Crippen LogP contribution is 2.33. The molecule has 0 saturated carbocycles. The van der Waals surface area contributed by atoms with E-state index in [1.165, 1.54) is 29.5 Å². The Kier molecular flexibility index (Phi) is 6.95. The van der Waals surface area contributed by atoms with Gasteiger partial charge in [-0.05, 0) is 43.5 Å². The molecule has 0 bridgehead atoms. The third-order valence-corrected chi connectivity index (χ3v) is 7.08. The van der Waals surface area contributed by atoms with Crippen LogP contribution in [0.25, 0.3) is 0 Å². The standard InChI is InChI=1S/C24H23ClFN3O3S/c1-14-5-3-8-19(32-2)21(14)28-22(30)18-13-33-23(27-18)15-9-11-29(12-10-15)24(31)20-16(25)6-4-7-17(20)26/h3-8,13,15H,9-12H2,1-2H3,(H,28,30). The summed E-state index contributed by atoms with van der Waals surface area (Å²) in [6.45, 7) is 2.83. The number of para-hydroxylation sites is 1. The van der Waals surface area contributed by atoms with E-state index in [9.17, 15) is 14.0 Å². The molecule has 0 atom stereocenters. The maximum atomic E-state index is 14.1. The summed E-state index contributed by atoms with van der Waals surface area (Å²) in [5.74, 6) is -0.596. The molecule has 172 valence electrons. The van der Waals surface area contributed by atoms with Gasteiger partial charge in [0.25, 0.3) is 11.8 Å². The second-order valence-corrected chi connectivity index (χ2v) is 9.14. The number of likely N-dealkylation sites (tertiary alicyclic amines) is 1. The number of aromatic nitrogens is 1. The molecule has 3 aromatic rings. The van der Waals surface area contributed by atoms with Crippen molar-refractivity contribution in [3.63, 3.8) is 0 Å². The van der Waals surface area contributed by atoms with E-state index in [0.717, 1.165) is 10.6 Å². The summed E-state index contributed by atoms with van der Waals surface area (Å²) in [5.41, 5.74) is 1.78. The van der Waals surface area contributed by atoms with E-state index in [1.54, 1.807) is 23.5 Å². The average Bonchev–Trinajstić information content (AvgIpc) is 3.31. The molecular weight excluding hydrogens is 465 g/mol. The molecular formula is C24H23ClFN3O3S. The van der Waals surface area contributed by atoms with Crippen LogP contribution in [0.4, 0.5) is 10.1 Å². The summed E-state index contributed by atoms with van der Waals surface area (Å²) in [4.78, 5) is 31.7. The Hall–Kier alpha value is -2.97. The van der Waals surface area contributed by atoms with Crippen LogP contribution in [0, 0.1) is 12.7 Å². The fourth-order valence-corrected chi connectivity index (χ4v) is 5.13.